The van der Waals surface area contributed by atoms with Gasteiger partial charge in [-0.2, -0.15) is 0 Å². The van der Waals surface area contributed by atoms with Crippen LogP contribution in [0.2, 0.25) is 0 Å². The van der Waals surface area contributed by atoms with Crippen LogP contribution in [0.4, 0.5) is 0 Å². The maximum absolute atomic E-state index is 12.5. The van der Waals surface area contributed by atoms with Gasteiger partial charge in [-0.05, 0) is 42.3 Å². The fourth-order valence-corrected chi connectivity index (χ4v) is 3.00. The highest BCUT2D eigenvalue weighted by molar-refractivity contribution is 5.79. The van der Waals surface area contributed by atoms with Gasteiger partial charge in [0.15, 0.2) is 0 Å². The van der Waals surface area contributed by atoms with Crippen LogP contribution in [0.1, 0.15) is 11.5 Å². The van der Waals surface area contributed by atoms with Crippen molar-refractivity contribution in [2.45, 2.75) is 13.0 Å². The number of aromatic nitrogens is 2. The number of ether oxygens (including phenoxy) is 2. The van der Waals surface area contributed by atoms with Crippen molar-refractivity contribution in [1.29, 1.82) is 0 Å². The monoisotopic (exact) mass is 365 g/mol. The van der Waals surface area contributed by atoms with Crippen LogP contribution >= 0.6 is 0 Å². The third kappa shape index (κ3) is 3.76. The Morgan fingerprint density at radius 2 is 2.07 bits per heavy atom. The van der Waals surface area contributed by atoms with Crippen LogP contribution in [-0.2, 0) is 17.8 Å². The summed E-state index contributed by atoms with van der Waals surface area (Å²) >= 11 is 0. The molecule has 2 aromatic carbocycles. The van der Waals surface area contributed by atoms with Gasteiger partial charge in [-0.25, -0.2) is 0 Å². The summed E-state index contributed by atoms with van der Waals surface area (Å²) in [5.74, 6) is 1.95. The van der Waals surface area contributed by atoms with Crippen molar-refractivity contribution in [3.05, 3.63) is 60.0 Å². The van der Waals surface area contributed by atoms with Gasteiger partial charge in [-0.1, -0.05) is 18.2 Å². The number of amides is 1. The molecule has 138 valence electrons. The highest BCUT2D eigenvalue weighted by atomic mass is 16.5. The van der Waals surface area contributed by atoms with E-state index < -0.39 is 0 Å². The predicted octanol–water partition coefficient (Wildman–Crippen LogP) is 2.61. The lowest BCUT2D eigenvalue weighted by molar-refractivity contribution is -0.126. The van der Waals surface area contributed by atoms with Gasteiger partial charge >= 0.3 is 0 Å². The summed E-state index contributed by atoms with van der Waals surface area (Å²) < 4.78 is 16.5. The zero-order valence-corrected chi connectivity index (χ0v) is 14.8. The molecule has 0 radical (unpaired) electrons. The second-order valence-electron chi connectivity index (χ2n) is 6.27. The zero-order valence-electron chi connectivity index (χ0n) is 14.8. The molecule has 0 saturated heterocycles. The van der Waals surface area contributed by atoms with E-state index in [1.165, 1.54) is 0 Å². The Bertz CT molecular complexity index is 939. The molecule has 0 aliphatic carbocycles. The van der Waals surface area contributed by atoms with Gasteiger partial charge in [-0.15, -0.1) is 10.2 Å². The van der Waals surface area contributed by atoms with Crippen LogP contribution in [0.25, 0.3) is 11.5 Å². The van der Waals surface area contributed by atoms with E-state index in [4.69, 9.17) is 13.9 Å². The molecule has 0 unspecified atom stereocenters. The molecule has 1 aromatic heterocycles. The third-order valence-corrected chi connectivity index (χ3v) is 4.45. The minimum Gasteiger partial charge on any atom is -0.497 e. The van der Waals surface area contributed by atoms with E-state index in [9.17, 15) is 4.79 Å². The molecule has 0 spiro atoms. The second kappa shape index (κ2) is 7.49. The number of nitrogens with zero attached hydrogens (tertiary/aromatic N) is 2. The van der Waals surface area contributed by atoms with E-state index >= 15 is 0 Å². The van der Waals surface area contributed by atoms with Gasteiger partial charge in [0, 0.05) is 5.56 Å². The molecule has 1 atom stereocenters. The summed E-state index contributed by atoms with van der Waals surface area (Å²) in [6.07, 6.45) is 0.595. The number of hydrogen-bond acceptors (Lipinski definition) is 6. The number of carbonyl (C=O) groups is 1. The Morgan fingerprint density at radius 1 is 1.22 bits per heavy atom. The van der Waals surface area contributed by atoms with Gasteiger partial charge in [0.25, 0.3) is 0 Å². The topological polar surface area (TPSA) is 86.5 Å². The van der Waals surface area contributed by atoms with Crippen molar-refractivity contribution in [1.82, 2.24) is 15.5 Å². The van der Waals surface area contributed by atoms with E-state index in [0.717, 1.165) is 22.6 Å². The van der Waals surface area contributed by atoms with E-state index in [2.05, 4.69) is 15.5 Å². The molecule has 2 heterocycles. The van der Waals surface area contributed by atoms with E-state index in [1.54, 1.807) is 7.11 Å². The Hall–Kier alpha value is -3.35. The highest BCUT2D eigenvalue weighted by Crippen LogP contribution is 2.30. The van der Waals surface area contributed by atoms with Gasteiger partial charge < -0.3 is 19.2 Å². The molecule has 1 aliphatic heterocycles. The van der Waals surface area contributed by atoms with Gasteiger partial charge in [0.2, 0.25) is 17.7 Å². The molecule has 4 rings (SSSR count). The zero-order chi connectivity index (χ0) is 18.6. The third-order valence-electron chi connectivity index (χ3n) is 4.45. The summed E-state index contributed by atoms with van der Waals surface area (Å²) in [5, 5.41) is 10.9. The average Bonchev–Trinajstić information content (AvgIpc) is 3.21. The average molecular weight is 365 g/mol. The van der Waals surface area contributed by atoms with Crippen LogP contribution in [-0.4, -0.2) is 29.8 Å². The fourth-order valence-electron chi connectivity index (χ4n) is 3.00. The Morgan fingerprint density at radius 3 is 2.89 bits per heavy atom. The maximum atomic E-state index is 12.5. The summed E-state index contributed by atoms with van der Waals surface area (Å²) in [6, 6.07) is 15.1. The molecule has 7 heteroatoms. The first kappa shape index (κ1) is 17.1. The number of carbonyl (C=O) groups excluding carboxylic acids is 1. The van der Waals surface area contributed by atoms with Crippen molar-refractivity contribution in [3.63, 3.8) is 0 Å². The number of fused-ring (bicyclic) bond motifs is 1. The number of hydrogen-bond donors (Lipinski definition) is 1. The lowest BCUT2D eigenvalue weighted by Gasteiger charge is -2.24. The van der Waals surface area contributed by atoms with Crippen LogP contribution in [0.5, 0.6) is 11.5 Å². The number of benzene rings is 2. The first-order valence-electron chi connectivity index (χ1n) is 8.68. The minimum atomic E-state index is -0.277. The van der Waals surface area contributed by atoms with Crippen LogP contribution in [0.15, 0.2) is 52.9 Å². The number of rotatable bonds is 5. The van der Waals surface area contributed by atoms with Gasteiger partial charge in [0.05, 0.1) is 19.6 Å². The van der Waals surface area contributed by atoms with E-state index in [0.29, 0.717) is 24.8 Å². The second-order valence-corrected chi connectivity index (χ2v) is 6.27. The first-order valence-corrected chi connectivity index (χ1v) is 8.68. The standard InChI is InChI=1S/C20H19N3O4/c1-25-16-7-8-17-14(10-16)9-15(12-26-17)19(24)21-11-18-22-23-20(27-18)13-5-3-2-4-6-13/h2-8,10,15H,9,11-12H2,1H3,(H,21,24)/t15-/m1/s1. The predicted molar refractivity (Wildman–Crippen MR) is 97.3 cm³/mol. The maximum Gasteiger partial charge on any atom is 0.247 e. The normalized spacial score (nSPS) is 15.5. The number of nitrogens with one attached hydrogen (secondary N) is 1. The summed E-state index contributed by atoms with van der Waals surface area (Å²) in [7, 11) is 1.61. The number of methoxy groups -OCH3 is 1. The fraction of sp³-hybridized carbons (Fsp3) is 0.250. The van der Waals surface area contributed by atoms with Crippen LogP contribution in [0, 0.1) is 5.92 Å². The molecule has 1 amide bonds. The van der Waals surface area contributed by atoms with Crippen LogP contribution in [0.3, 0.4) is 0 Å². The summed E-state index contributed by atoms with van der Waals surface area (Å²) in [4.78, 5) is 12.5. The first-order chi connectivity index (χ1) is 13.2. The quantitative estimate of drug-likeness (QED) is 0.748. The molecule has 0 fully saturated rings. The SMILES string of the molecule is COc1ccc2c(c1)C[C@@H](C(=O)NCc1nnc(-c3ccccc3)o1)CO2. The van der Waals surface area contributed by atoms with E-state index in [-0.39, 0.29) is 18.4 Å². The van der Waals surface area contributed by atoms with Gasteiger partial charge in [-0.3, -0.25) is 4.79 Å². The molecule has 3 aromatic rings. The summed E-state index contributed by atoms with van der Waals surface area (Å²) in [5.41, 5.74) is 1.80. The van der Waals surface area contributed by atoms with Crippen LogP contribution < -0.4 is 14.8 Å². The molecule has 27 heavy (non-hydrogen) atoms. The highest BCUT2D eigenvalue weighted by Gasteiger charge is 2.26. The van der Waals surface area contributed by atoms with Gasteiger partial charge in [0.1, 0.15) is 18.1 Å². The molecule has 1 N–H and O–H groups in total. The lowest BCUT2D eigenvalue weighted by Crippen LogP contribution is -2.37. The molecule has 0 bridgehead atoms. The Balaban J connectivity index is 1.37. The van der Waals surface area contributed by atoms with Crippen molar-refractivity contribution < 1.29 is 18.7 Å². The molecule has 1 aliphatic rings. The molecular formula is C20H19N3O4. The van der Waals surface area contributed by atoms with Crippen molar-refractivity contribution in [3.8, 4) is 23.0 Å². The lowest BCUT2D eigenvalue weighted by atomic mass is 9.96. The minimum absolute atomic E-state index is 0.108. The molecule has 7 nitrogen and oxygen atoms in total. The Kier molecular flexibility index (Phi) is 4.74. The van der Waals surface area contributed by atoms with E-state index in [1.807, 2.05) is 48.5 Å². The molecular weight excluding hydrogens is 346 g/mol. The molecule has 0 saturated carbocycles. The van der Waals surface area contributed by atoms with Crippen molar-refractivity contribution in [2.24, 2.45) is 5.92 Å². The smallest absolute Gasteiger partial charge is 0.247 e. The van der Waals surface area contributed by atoms with Crippen molar-refractivity contribution >= 4 is 5.91 Å². The largest absolute Gasteiger partial charge is 0.497 e. The Labute approximate surface area is 156 Å². The van der Waals surface area contributed by atoms with Crippen molar-refractivity contribution in [2.75, 3.05) is 13.7 Å². The summed E-state index contributed by atoms with van der Waals surface area (Å²) in [6.45, 7) is 0.518.